The monoisotopic (exact) mass is 383 g/mol. The maximum atomic E-state index is 13.0. The summed E-state index contributed by atoms with van der Waals surface area (Å²) in [5.41, 5.74) is 1.47. The lowest BCUT2D eigenvalue weighted by atomic mass is 9.91. The average Bonchev–Trinajstić information content (AvgIpc) is 3.34. The first-order chi connectivity index (χ1) is 13.5. The van der Waals surface area contributed by atoms with Crippen LogP contribution in [0.25, 0.3) is 0 Å². The third-order valence-electron chi connectivity index (χ3n) is 5.62. The molecule has 0 bridgehead atoms. The minimum Gasteiger partial charge on any atom is -0.388 e. The zero-order valence-electron chi connectivity index (χ0n) is 16.0. The van der Waals surface area contributed by atoms with Crippen molar-refractivity contribution in [3.05, 3.63) is 48.0 Å². The van der Waals surface area contributed by atoms with E-state index < -0.39 is 5.60 Å². The van der Waals surface area contributed by atoms with Gasteiger partial charge in [-0.15, -0.1) is 0 Å². The fourth-order valence-corrected chi connectivity index (χ4v) is 3.92. The van der Waals surface area contributed by atoms with E-state index in [1.165, 1.54) is 0 Å². The van der Waals surface area contributed by atoms with Crippen molar-refractivity contribution in [1.82, 2.24) is 19.8 Å². The van der Waals surface area contributed by atoms with Crippen LogP contribution in [0.1, 0.15) is 28.8 Å². The average molecular weight is 383 g/mol. The van der Waals surface area contributed by atoms with Crippen molar-refractivity contribution in [2.75, 3.05) is 31.1 Å². The predicted octanol–water partition coefficient (Wildman–Crippen LogP) is 1.39. The van der Waals surface area contributed by atoms with Crippen molar-refractivity contribution in [2.24, 2.45) is 0 Å². The molecule has 3 amide bonds. The number of hydrogen-bond acceptors (Lipinski definition) is 4. The van der Waals surface area contributed by atoms with Crippen molar-refractivity contribution in [1.29, 1.82) is 0 Å². The Bertz CT molecular complexity index is 872. The molecule has 3 heterocycles. The van der Waals surface area contributed by atoms with Crippen LogP contribution >= 0.6 is 0 Å². The number of hydrogen-bond donors (Lipinski definition) is 2. The minimum absolute atomic E-state index is 0.0643. The summed E-state index contributed by atoms with van der Waals surface area (Å²) in [5.74, 6) is -0.0643. The summed E-state index contributed by atoms with van der Waals surface area (Å²) < 4.78 is 1.87. The van der Waals surface area contributed by atoms with Crippen molar-refractivity contribution in [3.63, 3.8) is 0 Å². The van der Waals surface area contributed by atoms with E-state index in [9.17, 15) is 14.7 Å². The molecular weight excluding hydrogens is 358 g/mol. The molecule has 0 radical (unpaired) electrons. The second-order valence-corrected chi connectivity index (χ2v) is 7.64. The van der Waals surface area contributed by atoms with Crippen LogP contribution in [-0.2, 0) is 6.54 Å². The van der Waals surface area contributed by atoms with Crippen LogP contribution in [0.3, 0.4) is 0 Å². The van der Waals surface area contributed by atoms with Gasteiger partial charge in [-0.1, -0.05) is 6.07 Å². The molecule has 2 aliphatic heterocycles. The van der Waals surface area contributed by atoms with E-state index in [0.717, 1.165) is 11.3 Å². The van der Waals surface area contributed by atoms with Crippen LogP contribution in [0.15, 0.2) is 36.9 Å². The van der Waals surface area contributed by atoms with Gasteiger partial charge in [-0.05, 0) is 37.5 Å². The maximum absolute atomic E-state index is 13.0. The van der Waals surface area contributed by atoms with Crippen LogP contribution < -0.4 is 10.2 Å². The topological polar surface area (TPSA) is 90.7 Å². The van der Waals surface area contributed by atoms with Gasteiger partial charge in [0.1, 0.15) is 0 Å². The van der Waals surface area contributed by atoms with Crippen molar-refractivity contribution in [3.8, 4) is 0 Å². The summed E-state index contributed by atoms with van der Waals surface area (Å²) in [4.78, 5) is 32.5. The lowest BCUT2D eigenvalue weighted by Gasteiger charge is -2.38. The highest BCUT2D eigenvalue weighted by molar-refractivity contribution is 5.99. The number of amides is 3. The lowest BCUT2D eigenvalue weighted by molar-refractivity contribution is -0.0292. The number of imidazole rings is 1. The molecule has 2 aliphatic rings. The number of aliphatic hydroxyl groups is 1. The van der Waals surface area contributed by atoms with E-state index in [2.05, 4.69) is 10.3 Å². The summed E-state index contributed by atoms with van der Waals surface area (Å²) in [7, 11) is 0. The van der Waals surface area contributed by atoms with E-state index in [-0.39, 0.29) is 11.9 Å². The molecule has 148 valence electrons. The van der Waals surface area contributed by atoms with E-state index >= 15 is 0 Å². The zero-order valence-corrected chi connectivity index (χ0v) is 16.0. The molecule has 0 saturated carbocycles. The van der Waals surface area contributed by atoms with Gasteiger partial charge in [-0.3, -0.25) is 9.69 Å². The quantitative estimate of drug-likeness (QED) is 0.835. The minimum atomic E-state index is -0.830. The highest BCUT2D eigenvalue weighted by Gasteiger charge is 2.34. The van der Waals surface area contributed by atoms with Gasteiger partial charge in [0.15, 0.2) is 0 Å². The molecule has 2 saturated heterocycles. The van der Waals surface area contributed by atoms with Gasteiger partial charge < -0.3 is 19.9 Å². The number of anilines is 1. The number of carbonyl (C=O) groups is 2. The van der Waals surface area contributed by atoms with Crippen LogP contribution in [-0.4, -0.2) is 63.3 Å². The number of urea groups is 1. The van der Waals surface area contributed by atoms with Gasteiger partial charge in [0.05, 0.1) is 18.5 Å². The Balaban J connectivity index is 1.45. The third-order valence-corrected chi connectivity index (χ3v) is 5.62. The second kappa shape index (κ2) is 7.27. The summed E-state index contributed by atoms with van der Waals surface area (Å²) in [6.07, 6.45) is 6.25. The number of carbonyl (C=O) groups excluding carboxylic acids is 2. The molecule has 2 fully saturated rings. The standard InChI is InChI=1S/C20H25N5O3/c1-15-2-3-16(12-17(15)25-11-7-22-19(25)27)18(26)24-8-4-20(28,5-9-24)13-23-10-6-21-14-23/h2-3,6,10,12,14,28H,4-5,7-9,11,13H2,1H3,(H,22,27). The molecule has 1 aromatic heterocycles. The Morgan fingerprint density at radius 2 is 2.07 bits per heavy atom. The van der Waals surface area contributed by atoms with Crippen LogP contribution in [0.5, 0.6) is 0 Å². The molecule has 8 heteroatoms. The first-order valence-electron chi connectivity index (χ1n) is 9.59. The van der Waals surface area contributed by atoms with Gasteiger partial charge in [0.2, 0.25) is 0 Å². The molecular formula is C20H25N5O3. The van der Waals surface area contributed by atoms with E-state index in [1.807, 2.05) is 23.8 Å². The molecule has 0 aliphatic carbocycles. The van der Waals surface area contributed by atoms with Gasteiger partial charge >= 0.3 is 6.03 Å². The largest absolute Gasteiger partial charge is 0.388 e. The summed E-state index contributed by atoms with van der Waals surface area (Å²) in [5, 5.41) is 13.6. The number of benzene rings is 1. The predicted molar refractivity (Wildman–Crippen MR) is 104 cm³/mol. The fraction of sp³-hybridized carbons (Fsp3) is 0.450. The zero-order chi connectivity index (χ0) is 19.7. The highest BCUT2D eigenvalue weighted by atomic mass is 16.3. The van der Waals surface area contributed by atoms with Gasteiger partial charge in [0.25, 0.3) is 5.91 Å². The van der Waals surface area contributed by atoms with Crippen LogP contribution in [0, 0.1) is 6.92 Å². The number of aryl methyl sites for hydroxylation is 1. The van der Waals surface area contributed by atoms with Gasteiger partial charge in [-0.2, -0.15) is 0 Å². The van der Waals surface area contributed by atoms with Gasteiger partial charge in [-0.25, -0.2) is 9.78 Å². The summed E-state index contributed by atoms with van der Waals surface area (Å²) >= 11 is 0. The Morgan fingerprint density at radius 3 is 2.71 bits per heavy atom. The molecule has 1 aromatic carbocycles. The highest BCUT2D eigenvalue weighted by Crippen LogP contribution is 2.27. The number of piperidine rings is 1. The first kappa shape index (κ1) is 18.5. The van der Waals surface area contributed by atoms with Crippen LogP contribution in [0.2, 0.25) is 0 Å². The third kappa shape index (κ3) is 3.60. The first-order valence-corrected chi connectivity index (χ1v) is 9.59. The molecule has 8 nitrogen and oxygen atoms in total. The lowest BCUT2D eigenvalue weighted by Crippen LogP contribution is -2.48. The molecule has 2 aromatic rings. The molecule has 2 N–H and O–H groups in total. The van der Waals surface area contributed by atoms with E-state index in [0.29, 0.717) is 51.1 Å². The number of nitrogens with zero attached hydrogens (tertiary/aromatic N) is 4. The second-order valence-electron chi connectivity index (χ2n) is 7.64. The SMILES string of the molecule is Cc1ccc(C(=O)N2CCC(O)(Cn3ccnc3)CC2)cc1N1CCNC1=O. The van der Waals surface area contributed by atoms with Crippen molar-refractivity contribution >= 4 is 17.6 Å². The Morgan fingerprint density at radius 1 is 1.29 bits per heavy atom. The van der Waals surface area contributed by atoms with Crippen LogP contribution in [0.4, 0.5) is 10.5 Å². The van der Waals surface area contributed by atoms with Crippen molar-refractivity contribution < 1.29 is 14.7 Å². The number of nitrogens with one attached hydrogen (secondary N) is 1. The number of aromatic nitrogens is 2. The van der Waals surface area contributed by atoms with Gasteiger partial charge in [0, 0.05) is 49.8 Å². The smallest absolute Gasteiger partial charge is 0.322 e. The maximum Gasteiger partial charge on any atom is 0.322 e. The molecule has 4 rings (SSSR count). The molecule has 28 heavy (non-hydrogen) atoms. The normalized spacial score (nSPS) is 19.0. The van der Waals surface area contributed by atoms with Crippen molar-refractivity contribution in [2.45, 2.75) is 31.9 Å². The Hall–Kier alpha value is -2.87. The van der Waals surface area contributed by atoms with E-state index in [4.69, 9.17) is 0 Å². The molecule has 0 unspecified atom stereocenters. The fourth-order valence-electron chi connectivity index (χ4n) is 3.92. The summed E-state index contributed by atoms with van der Waals surface area (Å²) in [6.45, 7) is 4.62. The number of rotatable bonds is 4. The molecule has 0 spiro atoms. The Kier molecular flexibility index (Phi) is 4.80. The Labute approximate surface area is 163 Å². The number of likely N-dealkylation sites (tertiary alicyclic amines) is 1. The molecule has 0 atom stereocenters. The summed E-state index contributed by atoms with van der Waals surface area (Å²) in [6, 6.07) is 5.36. The van der Waals surface area contributed by atoms with E-state index in [1.54, 1.807) is 34.5 Å².